The highest BCUT2D eigenvalue weighted by molar-refractivity contribution is 5.82. The third-order valence-corrected chi connectivity index (χ3v) is 2.02. The van der Waals surface area contributed by atoms with E-state index in [9.17, 15) is 9.18 Å². The quantitative estimate of drug-likeness (QED) is 0.784. The van der Waals surface area contributed by atoms with E-state index in [1.54, 1.807) is 0 Å². The summed E-state index contributed by atoms with van der Waals surface area (Å²) in [5.41, 5.74) is 5.18. The standard InChI is InChI=1S/C10H14FN3O/c1-6(2)8(9(12)15)14-10-7(11)4-3-5-13-10/h3-6,8H,1-2H3,(H2,12,15)(H,13,14). The Morgan fingerprint density at radius 1 is 1.60 bits per heavy atom. The molecule has 1 amide bonds. The van der Waals surface area contributed by atoms with Crippen LogP contribution in [0.2, 0.25) is 0 Å². The molecular weight excluding hydrogens is 197 g/mol. The molecule has 0 aliphatic heterocycles. The summed E-state index contributed by atoms with van der Waals surface area (Å²) in [6.07, 6.45) is 1.45. The Labute approximate surface area is 87.7 Å². The number of hydrogen-bond acceptors (Lipinski definition) is 3. The lowest BCUT2D eigenvalue weighted by atomic mass is 10.0. The van der Waals surface area contributed by atoms with Gasteiger partial charge in [0.1, 0.15) is 6.04 Å². The highest BCUT2D eigenvalue weighted by atomic mass is 19.1. The predicted octanol–water partition coefficient (Wildman–Crippen LogP) is 1.14. The summed E-state index contributed by atoms with van der Waals surface area (Å²) in [4.78, 5) is 14.9. The number of nitrogens with zero attached hydrogens (tertiary/aromatic N) is 1. The maximum atomic E-state index is 13.2. The van der Waals surface area contributed by atoms with E-state index in [1.807, 2.05) is 13.8 Å². The molecule has 1 aromatic heterocycles. The number of pyridine rings is 1. The van der Waals surface area contributed by atoms with Crippen molar-refractivity contribution in [2.45, 2.75) is 19.9 Å². The van der Waals surface area contributed by atoms with Gasteiger partial charge >= 0.3 is 0 Å². The molecule has 0 aliphatic rings. The number of nitrogens with two attached hydrogens (primary N) is 1. The number of primary amides is 1. The zero-order valence-electron chi connectivity index (χ0n) is 8.70. The van der Waals surface area contributed by atoms with Crippen LogP contribution in [-0.2, 0) is 4.79 Å². The second-order valence-electron chi connectivity index (χ2n) is 3.60. The predicted molar refractivity (Wildman–Crippen MR) is 55.6 cm³/mol. The van der Waals surface area contributed by atoms with Gasteiger partial charge in [0, 0.05) is 6.20 Å². The number of aromatic nitrogens is 1. The van der Waals surface area contributed by atoms with Gasteiger partial charge in [-0.25, -0.2) is 9.37 Å². The minimum absolute atomic E-state index is 0.0242. The van der Waals surface area contributed by atoms with Crippen molar-refractivity contribution in [1.29, 1.82) is 0 Å². The highest BCUT2D eigenvalue weighted by Crippen LogP contribution is 2.13. The summed E-state index contributed by atoms with van der Waals surface area (Å²) >= 11 is 0. The van der Waals surface area contributed by atoms with Crippen molar-refractivity contribution in [1.82, 2.24) is 4.98 Å². The molecule has 5 heteroatoms. The van der Waals surface area contributed by atoms with E-state index in [4.69, 9.17) is 5.73 Å². The van der Waals surface area contributed by atoms with Crippen LogP contribution >= 0.6 is 0 Å². The summed E-state index contributed by atoms with van der Waals surface area (Å²) in [5.74, 6) is -0.988. The van der Waals surface area contributed by atoms with E-state index in [0.717, 1.165) is 0 Å². The fourth-order valence-electron chi connectivity index (χ4n) is 1.21. The Kier molecular flexibility index (Phi) is 3.60. The fraction of sp³-hybridized carbons (Fsp3) is 0.400. The molecule has 1 atom stereocenters. The number of hydrogen-bond donors (Lipinski definition) is 2. The first-order chi connectivity index (χ1) is 7.02. The van der Waals surface area contributed by atoms with E-state index in [0.29, 0.717) is 0 Å². The van der Waals surface area contributed by atoms with Crippen molar-refractivity contribution < 1.29 is 9.18 Å². The van der Waals surface area contributed by atoms with Gasteiger partial charge in [-0.05, 0) is 18.1 Å². The number of anilines is 1. The van der Waals surface area contributed by atoms with Crippen LogP contribution < -0.4 is 11.1 Å². The van der Waals surface area contributed by atoms with Crippen LogP contribution in [0, 0.1) is 11.7 Å². The van der Waals surface area contributed by atoms with E-state index in [-0.39, 0.29) is 11.7 Å². The molecule has 4 nitrogen and oxygen atoms in total. The monoisotopic (exact) mass is 211 g/mol. The molecule has 1 unspecified atom stereocenters. The topological polar surface area (TPSA) is 68.0 Å². The molecule has 0 aromatic carbocycles. The molecule has 1 rings (SSSR count). The molecule has 0 aliphatic carbocycles. The minimum Gasteiger partial charge on any atom is -0.368 e. The number of nitrogens with one attached hydrogen (secondary N) is 1. The molecule has 15 heavy (non-hydrogen) atoms. The third kappa shape index (κ3) is 2.90. The molecule has 0 saturated carbocycles. The third-order valence-electron chi connectivity index (χ3n) is 2.02. The summed E-state index contributed by atoms with van der Waals surface area (Å²) in [6.45, 7) is 3.65. The molecule has 0 bridgehead atoms. The molecular formula is C10H14FN3O. The zero-order valence-corrected chi connectivity index (χ0v) is 8.70. The maximum absolute atomic E-state index is 13.2. The van der Waals surface area contributed by atoms with Gasteiger partial charge in [-0.2, -0.15) is 0 Å². The largest absolute Gasteiger partial charge is 0.368 e. The van der Waals surface area contributed by atoms with Gasteiger partial charge in [0.2, 0.25) is 5.91 Å². The van der Waals surface area contributed by atoms with Crippen molar-refractivity contribution >= 4 is 11.7 Å². The minimum atomic E-state index is -0.616. The lowest BCUT2D eigenvalue weighted by Gasteiger charge is -2.19. The Morgan fingerprint density at radius 3 is 2.73 bits per heavy atom. The number of amides is 1. The van der Waals surface area contributed by atoms with Crippen molar-refractivity contribution in [3.8, 4) is 0 Å². The van der Waals surface area contributed by atoms with Gasteiger partial charge in [0.25, 0.3) is 0 Å². The van der Waals surface area contributed by atoms with Crippen molar-refractivity contribution in [3.63, 3.8) is 0 Å². The van der Waals surface area contributed by atoms with Crippen LogP contribution in [0.5, 0.6) is 0 Å². The van der Waals surface area contributed by atoms with Gasteiger partial charge in [-0.3, -0.25) is 4.79 Å². The SMILES string of the molecule is CC(C)C(Nc1ncccc1F)C(N)=O. The lowest BCUT2D eigenvalue weighted by molar-refractivity contribution is -0.119. The van der Waals surface area contributed by atoms with Crippen LogP contribution in [0.25, 0.3) is 0 Å². The van der Waals surface area contributed by atoms with E-state index in [2.05, 4.69) is 10.3 Å². The van der Waals surface area contributed by atoms with Crippen molar-refractivity contribution in [3.05, 3.63) is 24.1 Å². The average Bonchev–Trinajstić information content (AvgIpc) is 2.15. The van der Waals surface area contributed by atoms with Gasteiger partial charge < -0.3 is 11.1 Å². The first kappa shape index (κ1) is 11.4. The van der Waals surface area contributed by atoms with E-state index < -0.39 is 17.8 Å². The van der Waals surface area contributed by atoms with Crippen LogP contribution in [0.1, 0.15) is 13.8 Å². The Bertz CT molecular complexity index is 354. The smallest absolute Gasteiger partial charge is 0.240 e. The van der Waals surface area contributed by atoms with Crippen LogP contribution in [0.4, 0.5) is 10.2 Å². The summed E-state index contributed by atoms with van der Waals surface area (Å²) in [6, 6.07) is 2.14. The average molecular weight is 211 g/mol. The van der Waals surface area contributed by atoms with Gasteiger partial charge in [-0.15, -0.1) is 0 Å². The van der Waals surface area contributed by atoms with E-state index in [1.165, 1.54) is 18.3 Å². The Hall–Kier alpha value is -1.65. The second-order valence-corrected chi connectivity index (χ2v) is 3.60. The van der Waals surface area contributed by atoms with E-state index >= 15 is 0 Å². The normalized spacial score (nSPS) is 12.5. The second kappa shape index (κ2) is 4.72. The summed E-state index contributed by atoms with van der Waals surface area (Å²) < 4.78 is 13.2. The maximum Gasteiger partial charge on any atom is 0.240 e. The molecule has 82 valence electrons. The van der Waals surface area contributed by atoms with Crippen LogP contribution in [0.3, 0.4) is 0 Å². The van der Waals surface area contributed by atoms with Gasteiger partial charge in [-0.1, -0.05) is 13.8 Å². The highest BCUT2D eigenvalue weighted by Gasteiger charge is 2.20. The van der Waals surface area contributed by atoms with Gasteiger partial charge in [0.05, 0.1) is 0 Å². The molecule has 0 saturated heterocycles. The Balaban J connectivity index is 2.84. The first-order valence-corrected chi connectivity index (χ1v) is 4.68. The molecule has 1 heterocycles. The number of halogens is 1. The molecule has 0 spiro atoms. The van der Waals surface area contributed by atoms with Crippen molar-refractivity contribution in [2.75, 3.05) is 5.32 Å². The number of carbonyl (C=O) groups is 1. The van der Waals surface area contributed by atoms with Crippen LogP contribution in [0.15, 0.2) is 18.3 Å². The number of rotatable bonds is 4. The van der Waals surface area contributed by atoms with Crippen LogP contribution in [-0.4, -0.2) is 16.9 Å². The number of carbonyl (C=O) groups excluding carboxylic acids is 1. The van der Waals surface area contributed by atoms with Gasteiger partial charge in [0.15, 0.2) is 11.6 Å². The molecule has 1 aromatic rings. The Morgan fingerprint density at radius 2 is 2.27 bits per heavy atom. The molecule has 0 fully saturated rings. The summed E-state index contributed by atoms with van der Waals surface area (Å²) in [7, 11) is 0. The summed E-state index contributed by atoms with van der Waals surface area (Å²) in [5, 5.41) is 2.69. The lowest BCUT2D eigenvalue weighted by Crippen LogP contribution is -2.40. The van der Waals surface area contributed by atoms with Crippen molar-refractivity contribution in [2.24, 2.45) is 11.7 Å². The zero-order chi connectivity index (χ0) is 11.4. The molecule has 0 radical (unpaired) electrons. The molecule has 3 N–H and O–H groups in total. The fourth-order valence-corrected chi connectivity index (χ4v) is 1.21. The first-order valence-electron chi connectivity index (χ1n) is 4.68.